The van der Waals surface area contributed by atoms with Gasteiger partial charge in [-0.1, -0.05) is 0 Å². The Morgan fingerprint density at radius 1 is 0.833 bits per heavy atom. The van der Waals surface area contributed by atoms with Crippen LogP contribution in [-0.2, 0) is 0 Å². The molecule has 2 aromatic heterocycles. The third-order valence-electron chi connectivity index (χ3n) is 3.05. The summed E-state index contributed by atoms with van der Waals surface area (Å²) in [6.45, 7) is 3.98. The minimum atomic E-state index is -0.0405. The Hall–Kier alpha value is -2.10. The van der Waals surface area contributed by atoms with E-state index in [-0.39, 0.29) is 12.2 Å². The van der Waals surface area contributed by atoms with Crippen molar-refractivity contribution in [1.82, 2.24) is 9.97 Å². The molecule has 1 aliphatic rings. The maximum atomic E-state index is 5.88. The normalized spacial score (nSPS) is 21.7. The molecule has 0 fully saturated rings. The summed E-state index contributed by atoms with van der Waals surface area (Å²) in [6, 6.07) is 7.55. The number of hydrogen-bond donors (Lipinski definition) is 0. The first kappa shape index (κ1) is 11.0. The molecule has 0 bridgehead atoms. The number of rotatable bonds is 0. The lowest BCUT2D eigenvalue weighted by molar-refractivity contribution is 0.0754. The van der Waals surface area contributed by atoms with Crippen LogP contribution in [0.15, 0.2) is 36.7 Å². The third kappa shape index (κ3) is 1.79. The van der Waals surface area contributed by atoms with Crippen molar-refractivity contribution in [1.29, 1.82) is 0 Å². The molecule has 1 aliphatic heterocycles. The molecule has 92 valence electrons. The van der Waals surface area contributed by atoms with Gasteiger partial charge in [-0.15, -0.1) is 0 Å². The van der Waals surface area contributed by atoms with Crippen molar-refractivity contribution in [2.45, 2.75) is 26.1 Å². The Bertz CT molecular complexity index is 520. The molecule has 0 saturated heterocycles. The van der Waals surface area contributed by atoms with Crippen LogP contribution in [0.1, 0.15) is 13.8 Å². The van der Waals surface area contributed by atoms with E-state index in [0.717, 1.165) is 22.9 Å². The highest BCUT2D eigenvalue weighted by molar-refractivity contribution is 5.68. The first-order chi connectivity index (χ1) is 8.75. The first-order valence-corrected chi connectivity index (χ1v) is 5.99. The summed E-state index contributed by atoms with van der Waals surface area (Å²) in [5.41, 5.74) is 1.46. The average molecular weight is 242 g/mol. The maximum absolute atomic E-state index is 5.88. The third-order valence-corrected chi connectivity index (χ3v) is 3.05. The molecule has 0 aliphatic carbocycles. The molecule has 0 unspecified atom stereocenters. The topological polar surface area (TPSA) is 44.2 Å². The lowest BCUT2D eigenvalue weighted by Gasteiger charge is -2.27. The second-order valence-corrected chi connectivity index (χ2v) is 4.35. The van der Waals surface area contributed by atoms with Crippen LogP contribution >= 0.6 is 0 Å². The van der Waals surface area contributed by atoms with Crippen LogP contribution in [0, 0.1) is 0 Å². The lowest BCUT2D eigenvalue weighted by atomic mass is 10.1. The number of pyridine rings is 2. The van der Waals surface area contributed by atoms with Crippen LogP contribution in [0.3, 0.4) is 0 Å². The van der Waals surface area contributed by atoms with E-state index in [4.69, 9.17) is 9.47 Å². The second-order valence-electron chi connectivity index (χ2n) is 4.35. The molecule has 4 heteroatoms. The lowest BCUT2D eigenvalue weighted by Crippen LogP contribution is -2.32. The zero-order valence-corrected chi connectivity index (χ0v) is 10.3. The van der Waals surface area contributed by atoms with Crippen LogP contribution in [0.2, 0.25) is 0 Å². The predicted molar refractivity (Wildman–Crippen MR) is 67.6 cm³/mol. The van der Waals surface area contributed by atoms with Crippen LogP contribution < -0.4 is 9.47 Å². The molecule has 0 aromatic carbocycles. The summed E-state index contributed by atoms with van der Waals surface area (Å²) in [4.78, 5) is 8.71. The van der Waals surface area contributed by atoms with Crippen molar-refractivity contribution in [2.75, 3.05) is 0 Å². The largest absolute Gasteiger partial charge is 0.485 e. The molecule has 2 atom stereocenters. The standard InChI is InChI=1S/C14H14N2O2/c1-9-10(2)18-12-6-4-8-16-14(12)13-11(17-9)5-3-7-15-13/h3-10H,1-2H3/t9-,10-/m1/s1. The van der Waals surface area contributed by atoms with E-state index in [1.165, 1.54) is 0 Å². The van der Waals surface area contributed by atoms with Gasteiger partial charge in [0, 0.05) is 12.4 Å². The van der Waals surface area contributed by atoms with E-state index in [1.54, 1.807) is 12.4 Å². The monoisotopic (exact) mass is 242 g/mol. The van der Waals surface area contributed by atoms with Crippen molar-refractivity contribution >= 4 is 0 Å². The number of nitrogens with zero attached hydrogens (tertiary/aromatic N) is 2. The Morgan fingerprint density at radius 2 is 1.28 bits per heavy atom. The molecule has 2 aromatic rings. The number of hydrogen-bond acceptors (Lipinski definition) is 4. The number of aromatic nitrogens is 2. The summed E-state index contributed by atoms with van der Waals surface area (Å²) in [7, 11) is 0. The molecule has 3 heterocycles. The highest BCUT2D eigenvalue weighted by Crippen LogP contribution is 2.35. The molecule has 0 radical (unpaired) electrons. The van der Waals surface area contributed by atoms with Crippen molar-refractivity contribution in [3.63, 3.8) is 0 Å². The summed E-state index contributed by atoms with van der Waals surface area (Å²) in [5.74, 6) is 1.50. The summed E-state index contributed by atoms with van der Waals surface area (Å²) >= 11 is 0. The van der Waals surface area contributed by atoms with Crippen molar-refractivity contribution in [3.8, 4) is 22.9 Å². The molecule has 4 nitrogen and oxygen atoms in total. The zero-order valence-electron chi connectivity index (χ0n) is 10.3. The quantitative estimate of drug-likeness (QED) is 0.712. The molecule has 0 N–H and O–H groups in total. The summed E-state index contributed by atoms with van der Waals surface area (Å²) < 4.78 is 11.8. The fraction of sp³-hybridized carbons (Fsp3) is 0.286. The van der Waals surface area contributed by atoms with Crippen LogP contribution in [0.25, 0.3) is 11.4 Å². The minimum Gasteiger partial charge on any atom is -0.485 e. The van der Waals surface area contributed by atoms with E-state index < -0.39 is 0 Å². The molecule has 18 heavy (non-hydrogen) atoms. The average Bonchev–Trinajstić information content (AvgIpc) is 2.39. The van der Waals surface area contributed by atoms with Crippen molar-refractivity contribution in [3.05, 3.63) is 36.7 Å². The highest BCUT2D eigenvalue weighted by atomic mass is 16.5. The molecule has 0 amide bonds. The van der Waals surface area contributed by atoms with Gasteiger partial charge < -0.3 is 9.47 Å². The fourth-order valence-corrected chi connectivity index (χ4v) is 1.92. The smallest absolute Gasteiger partial charge is 0.147 e. The summed E-state index contributed by atoms with van der Waals surface area (Å²) in [5, 5.41) is 0. The maximum Gasteiger partial charge on any atom is 0.147 e. The van der Waals surface area contributed by atoms with E-state index >= 15 is 0 Å². The van der Waals surface area contributed by atoms with Gasteiger partial charge in [-0.3, -0.25) is 9.97 Å². The van der Waals surface area contributed by atoms with Crippen LogP contribution in [0.5, 0.6) is 11.5 Å². The van der Waals surface area contributed by atoms with Crippen LogP contribution in [0.4, 0.5) is 0 Å². The number of ether oxygens (including phenoxy) is 2. The van der Waals surface area contributed by atoms with Gasteiger partial charge >= 0.3 is 0 Å². The summed E-state index contributed by atoms with van der Waals surface area (Å²) in [6.07, 6.45) is 3.38. The Balaban J connectivity index is 2.21. The Morgan fingerprint density at radius 3 is 1.72 bits per heavy atom. The number of fused-ring (bicyclic) bond motifs is 3. The van der Waals surface area contributed by atoms with Gasteiger partial charge in [-0.2, -0.15) is 0 Å². The molecule has 0 spiro atoms. The van der Waals surface area contributed by atoms with Gasteiger partial charge in [0.25, 0.3) is 0 Å². The second kappa shape index (κ2) is 4.29. The molecule has 0 saturated carbocycles. The fourth-order valence-electron chi connectivity index (χ4n) is 1.92. The molecular formula is C14H14N2O2. The van der Waals surface area contributed by atoms with E-state index in [1.807, 2.05) is 38.1 Å². The van der Waals surface area contributed by atoms with Gasteiger partial charge in [0.2, 0.25) is 0 Å². The minimum absolute atomic E-state index is 0.0405. The van der Waals surface area contributed by atoms with Gasteiger partial charge in [-0.25, -0.2) is 0 Å². The predicted octanol–water partition coefficient (Wildman–Crippen LogP) is 2.69. The van der Waals surface area contributed by atoms with Crippen molar-refractivity contribution < 1.29 is 9.47 Å². The highest BCUT2D eigenvalue weighted by Gasteiger charge is 2.24. The molecule has 3 rings (SSSR count). The van der Waals surface area contributed by atoms with Crippen LogP contribution in [-0.4, -0.2) is 22.2 Å². The van der Waals surface area contributed by atoms with Gasteiger partial charge in [0.15, 0.2) is 0 Å². The SMILES string of the molecule is C[C@H]1Oc2cccnc2-c2ncccc2O[C@@H]1C. The van der Waals surface area contributed by atoms with E-state index in [9.17, 15) is 0 Å². The van der Waals surface area contributed by atoms with E-state index in [2.05, 4.69) is 9.97 Å². The Kier molecular flexibility index (Phi) is 2.63. The van der Waals surface area contributed by atoms with Gasteiger partial charge in [0.1, 0.15) is 35.1 Å². The Labute approximate surface area is 106 Å². The van der Waals surface area contributed by atoms with Gasteiger partial charge in [0.05, 0.1) is 0 Å². The van der Waals surface area contributed by atoms with E-state index in [0.29, 0.717) is 0 Å². The van der Waals surface area contributed by atoms with Gasteiger partial charge in [-0.05, 0) is 38.1 Å². The zero-order chi connectivity index (χ0) is 12.5. The first-order valence-electron chi connectivity index (χ1n) is 5.99. The van der Waals surface area contributed by atoms with Crippen molar-refractivity contribution in [2.24, 2.45) is 0 Å². The molecular weight excluding hydrogens is 228 g/mol.